The number of rotatable bonds is 11. The molecule has 0 unspecified atom stereocenters. The summed E-state index contributed by atoms with van der Waals surface area (Å²) < 4.78 is 10.6. The van der Waals surface area contributed by atoms with Gasteiger partial charge in [0.05, 0.1) is 7.11 Å². The number of methoxy groups -OCH3 is 1. The molecule has 4 rings (SSSR count). The number of carboxylic acid groups (broad SMARTS) is 2. The van der Waals surface area contributed by atoms with Crippen LogP contribution in [-0.2, 0) is 22.6 Å². The van der Waals surface area contributed by atoms with Gasteiger partial charge in [0.15, 0.2) is 5.82 Å². The summed E-state index contributed by atoms with van der Waals surface area (Å²) in [5.41, 5.74) is 2.35. The number of likely N-dealkylation sites (tertiary alicyclic amines) is 1. The van der Waals surface area contributed by atoms with Crippen LogP contribution in [0.3, 0.4) is 0 Å². The maximum absolute atomic E-state index is 9.55. The van der Waals surface area contributed by atoms with E-state index in [1.54, 1.807) is 7.11 Å². The van der Waals surface area contributed by atoms with Gasteiger partial charge in [-0.05, 0) is 68.1 Å². The Morgan fingerprint density at radius 3 is 2.26 bits per heavy atom. The number of aliphatic carboxylic acids is 2. The molecule has 2 aromatic carbocycles. The second-order valence-corrected chi connectivity index (χ2v) is 9.20. The van der Waals surface area contributed by atoms with Gasteiger partial charge in [0.1, 0.15) is 5.75 Å². The van der Waals surface area contributed by atoms with E-state index < -0.39 is 11.9 Å². The number of piperidine rings is 1. The fourth-order valence-electron chi connectivity index (χ4n) is 4.34. The van der Waals surface area contributed by atoms with Gasteiger partial charge in [0, 0.05) is 30.7 Å². The highest BCUT2D eigenvalue weighted by Crippen LogP contribution is 2.25. The van der Waals surface area contributed by atoms with Crippen LogP contribution in [0, 0.1) is 5.92 Å². The molecule has 38 heavy (non-hydrogen) atoms. The lowest BCUT2D eigenvalue weighted by Crippen LogP contribution is -2.33. The first-order valence-corrected chi connectivity index (χ1v) is 12.8. The van der Waals surface area contributed by atoms with Crippen molar-refractivity contribution in [1.29, 1.82) is 0 Å². The van der Waals surface area contributed by atoms with Gasteiger partial charge in [-0.2, -0.15) is 4.98 Å². The van der Waals surface area contributed by atoms with Crippen molar-refractivity contribution in [1.82, 2.24) is 15.0 Å². The molecule has 0 atom stereocenters. The molecule has 9 heteroatoms. The third-order valence-corrected chi connectivity index (χ3v) is 6.39. The summed E-state index contributed by atoms with van der Waals surface area (Å²) in [6.07, 6.45) is 8.29. The molecule has 2 N–H and O–H groups in total. The molecular formula is C29H35N3O6. The zero-order chi connectivity index (χ0) is 27.2. The fourth-order valence-corrected chi connectivity index (χ4v) is 4.34. The van der Waals surface area contributed by atoms with Crippen molar-refractivity contribution >= 4 is 11.9 Å². The van der Waals surface area contributed by atoms with Crippen LogP contribution in [0.25, 0.3) is 11.5 Å². The van der Waals surface area contributed by atoms with Crippen molar-refractivity contribution in [2.45, 2.75) is 45.1 Å². The van der Waals surface area contributed by atoms with E-state index >= 15 is 0 Å². The molecule has 0 radical (unpaired) electrons. The van der Waals surface area contributed by atoms with Crippen LogP contribution in [0.15, 0.2) is 71.3 Å². The van der Waals surface area contributed by atoms with Crippen LogP contribution in [0.2, 0.25) is 0 Å². The topological polar surface area (TPSA) is 126 Å². The zero-order valence-corrected chi connectivity index (χ0v) is 21.7. The van der Waals surface area contributed by atoms with Crippen LogP contribution in [-0.4, -0.2) is 57.4 Å². The number of benzene rings is 2. The first-order chi connectivity index (χ1) is 18.4. The predicted molar refractivity (Wildman–Crippen MR) is 143 cm³/mol. The second-order valence-electron chi connectivity index (χ2n) is 9.20. The van der Waals surface area contributed by atoms with Gasteiger partial charge < -0.3 is 19.5 Å². The Kier molecular flexibility index (Phi) is 11.5. The summed E-state index contributed by atoms with van der Waals surface area (Å²) in [6, 6.07) is 18.5. The van der Waals surface area contributed by atoms with Crippen LogP contribution >= 0.6 is 0 Å². The van der Waals surface area contributed by atoms with E-state index in [4.69, 9.17) is 19.5 Å². The Hall–Kier alpha value is -3.98. The van der Waals surface area contributed by atoms with E-state index in [0.29, 0.717) is 18.0 Å². The molecule has 1 aromatic heterocycles. The summed E-state index contributed by atoms with van der Waals surface area (Å²) in [5.74, 6) is 0.554. The predicted octanol–water partition coefficient (Wildman–Crippen LogP) is 5.08. The van der Waals surface area contributed by atoms with Crippen molar-refractivity contribution in [3.05, 3.63) is 78.1 Å². The Bertz CT molecular complexity index is 1140. The first kappa shape index (κ1) is 28.6. The number of hydrogen-bond acceptors (Lipinski definition) is 7. The number of unbranched alkanes of at least 4 members (excludes halogenated alkanes) is 1. The van der Waals surface area contributed by atoms with E-state index in [1.165, 1.54) is 44.3 Å². The number of aromatic nitrogens is 2. The van der Waals surface area contributed by atoms with Gasteiger partial charge in [-0.15, -0.1) is 0 Å². The van der Waals surface area contributed by atoms with Crippen LogP contribution in [0.1, 0.15) is 43.5 Å². The smallest absolute Gasteiger partial charge is 0.328 e. The lowest BCUT2D eigenvalue weighted by molar-refractivity contribution is -0.134. The van der Waals surface area contributed by atoms with E-state index in [9.17, 15) is 9.59 Å². The summed E-state index contributed by atoms with van der Waals surface area (Å²) in [4.78, 5) is 26.2. The summed E-state index contributed by atoms with van der Waals surface area (Å²) in [5, 5.41) is 19.8. The summed E-state index contributed by atoms with van der Waals surface area (Å²) in [6.45, 7) is 3.52. The number of aryl methyl sites for hydroxylation is 1. The average molecular weight is 522 g/mol. The monoisotopic (exact) mass is 521 g/mol. The molecule has 3 aromatic rings. The van der Waals surface area contributed by atoms with Gasteiger partial charge >= 0.3 is 11.9 Å². The molecule has 0 amide bonds. The third-order valence-electron chi connectivity index (χ3n) is 6.39. The van der Waals surface area contributed by atoms with Crippen molar-refractivity contribution < 1.29 is 29.1 Å². The molecule has 1 aliphatic heterocycles. The highest BCUT2D eigenvalue weighted by molar-refractivity contribution is 5.89. The Balaban J connectivity index is 0.000000436. The van der Waals surface area contributed by atoms with E-state index in [0.717, 1.165) is 42.4 Å². The minimum Gasteiger partial charge on any atom is -0.497 e. The quantitative estimate of drug-likeness (QED) is 0.262. The number of ether oxygens (including phenoxy) is 1. The standard InChI is InChI=1S/C25H31N3O2.C4H4O4/c1-29-23-13-11-22(12-14-23)25-26-24(27-30-25)10-6-5-7-20-15-17-28(18-16-20)19-21-8-3-2-4-9-21;5-3(6)1-2-4(7)8/h2-4,8-9,11-14,20H,5-7,10,15-19H2,1H3;1-2H,(H,5,6)(H,7,8). The van der Waals surface area contributed by atoms with E-state index in [1.807, 2.05) is 24.3 Å². The van der Waals surface area contributed by atoms with Gasteiger partial charge in [-0.3, -0.25) is 4.90 Å². The summed E-state index contributed by atoms with van der Waals surface area (Å²) in [7, 11) is 1.66. The maximum atomic E-state index is 9.55. The highest BCUT2D eigenvalue weighted by Gasteiger charge is 2.19. The number of carbonyl (C=O) groups is 2. The SMILES string of the molecule is COc1ccc(-c2nc(CCCCC3CCN(Cc4ccccc4)CC3)no2)cc1.O=C(O)C=CC(=O)O. The molecule has 202 valence electrons. The Labute approximate surface area is 222 Å². The van der Waals surface area contributed by atoms with Gasteiger partial charge in [0.25, 0.3) is 5.89 Å². The zero-order valence-electron chi connectivity index (χ0n) is 21.7. The molecule has 2 heterocycles. The van der Waals surface area contributed by atoms with Crippen LogP contribution in [0.5, 0.6) is 5.75 Å². The highest BCUT2D eigenvalue weighted by atomic mass is 16.5. The largest absolute Gasteiger partial charge is 0.497 e. The molecule has 0 aliphatic carbocycles. The maximum Gasteiger partial charge on any atom is 0.328 e. The molecule has 0 spiro atoms. The molecule has 0 bridgehead atoms. The Morgan fingerprint density at radius 1 is 1.00 bits per heavy atom. The molecular weight excluding hydrogens is 486 g/mol. The van der Waals surface area contributed by atoms with Crippen molar-refractivity contribution in [3.63, 3.8) is 0 Å². The fraction of sp³-hybridized carbons (Fsp3) is 0.379. The molecule has 1 aliphatic rings. The number of hydrogen-bond donors (Lipinski definition) is 2. The molecule has 0 saturated carbocycles. The minimum absolute atomic E-state index is 0.558. The number of carboxylic acids is 2. The summed E-state index contributed by atoms with van der Waals surface area (Å²) >= 11 is 0. The van der Waals surface area contributed by atoms with Gasteiger partial charge in [-0.1, -0.05) is 48.3 Å². The van der Waals surface area contributed by atoms with Crippen molar-refractivity contribution in [2.24, 2.45) is 5.92 Å². The van der Waals surface area contributed by atoms with Gasteiger partial charge in [0.2, 0.25) is 0 Å². The first-order valence-electron chi connectivity index (χ1n) is 12.8. The van der Waals surface area contributed by atoms with Crippen LogP contribution < -0.4 is 4.74 Å². The van der Waals surface area contributed by atoms with Gasteiger partial charge in [-0.25, -0.2) is 9.59 Å². The molecule has 1 fully saturated rings. The molecule has 9 nitrogen and oxygen atoms in total. The minimum atomic E-state index is -1.26. The second kappa shape index (κ2) is 15.3. The normalized spacial score (nSPS) is 14.1. The van der Waals surface area contributed by atoms with E-state index in [2.05, 4.69) is 45.4 Å². The average Bonchev–Trinajstić information content (AvgIpc) is 3.41. The lowest BCUT2D eigenvalue weighted by atomic mass is 9.91. The Morgan fingerprint density at radius 2 is 1.66 bits per heavy atom. The molecule has 1 saturated heterocycles. The lowest BCUT2D eigenvalue weighted by Gasteiger charge is -2.32. The third kappa shape index (κ3) is 10.2. The van der Waals surface area contributed by atoms with Crippen molar-refractivity contribution in [2.75, 3.05) is 20.2 Å². The number of nitrogens with zero attached hydrogens (tertiary/aromatic N) is 3. The van der Waals surface area contributed by atoms with Crippen LogP contribution in [0.4, 0.5) is 0 Å². The van der Waals surface area contributed by atoms with E-state index in [-0.39, 0.29) is 0 Å². The van der Waals surface area contributed by atoms with Crippen molar-refractivity contribution in [3.8, 4) is 17.2 Å².